The van der Waals surface area contributed by atoms with Crippen LogP contribution in [0.15, 0.2) is 0 Å². The number of hydrogen-bond acceptors (Lipinski definition) is 3. The molecular formula is C17H33N3O. The van der Waals surface area contributed by atoms with Crippen LogP contribution in [0.3, 0.4) is 0 Å². The number of carbonyl (C=O) groups is 1. The predicted molar refractivity (Wildman–Crippen MR) is 87.1 cm³/mol. The highest BCUT2D eigenvalue weighted by Crippen LogP contribution is 2.27. The van der Waals surface area contributed by atoms with Gasteiger partial charge in [-0.05, 0) is 25.2 Å². The number of hydrogen-bond donors (Lipinski definition) is 1. The number of piperazine rings is 1. The third-order valence-electron chi connectivity index (χ3n) is 5.27. The van der Waals surface area contributed by atoms with Crippen LogP contribution in [0, 0.1) is 5.92 Å². The van der Waals surface area contributed by atoms with E-state index in [2.05, 4.69) is 16.7 Å². The van der Waals surface area contributed by atoms with E-state index in [9.17, 15) is 4.79 Å². The highest BCUT2D eigenvalue weighted by molar-refractivity contribution is 5.76. The van der Waals surface area contributed by atoms with Crippen LogP contribution >= 0.6 is 0 Å². The molecule has 0 spiro atoms. The van der Waals surface area contributed by atoms with Crippen molar-refractivity contribution in [2.45, 2.75) is 64.3 Å². The fourth-order valence-corrected chi connectivity index (χ4v) is 3.89. The normalized spacial score (nSPS) is 23.2. The van der Waals surface area contributed by atoms with Crippen molar-refractivity contribution in [1.29, 1.82) is 0 Å². The topological polar surface area (TPSA) is 49.6 Å². The van der Waals surface area contributed by atoms with Gasteiger partial charge in [-0.1, -0.05) is 32.6 Å². The average Bonchev–Trinajstić information content (AvgIpc) is 2.54. The minimum absolute atomic E-state index is 0.390. The van der Waals surface area contributed by atoms with Gasteiger partial charge in [-0.3, -0.25) is 9.69 Å². The Kier molecular flexibility index (Phi) is 6.97. The molecule has 21 heavy (non-hydrogen) atoms. The quantitative estimate of drug-likeness (QED) is 0.817. The van der Waals surface area contributed by atoms with Crippen molar-refractivity contribution < 1.29 is 4.79 Å². The molecule has 122 valence electrons. The average molecular weight is 295 g/mol. The van der Waals surface area contributed by atoms with E-state index in [4.69, 9.17) is 5.73 Å². The van der Waals surface area contributed by atoms with Gasteiger partial charge in [0.15, 0.2) is 0 Å². The summed E-state index contributed by atoms with van der Waals surface area (Å²) in [6, 6.07) is 0.505. The first-order chi connectivity index (χ1) is 10.2. The van der Waals surface area contributed by atoms with Gasteiger partial charge in [0.2, 0.25) is 5.91 Å². The summed E-state index contributed by atoms with van der Waals surface area (Å²) < 4.78 is 0. The van der Waals surface area contributed by atoms with Gasteiger partial charge >= 0.3 is 0 Å². The van der Waals surface area contributed by atoms with Crippen molar-refractivity contribution >= 4 is 5.91 Å². The zero-order valence-corrected chi connectivity index (χ0v) is 13.7. The van der Waals surface area contributed by atoms with Crippen LogP contribution in [0.2, 0.25) is 0 Å². The first-order valence-corrected chi connectivity index (χ1v) is 8.96. The molecule has 2 fully saturated rings. The maximum Gasteiger partial charge on any atom is 0.222 e. The largest absolute Gasteiger partial charge is 0.340 e. The monoisotopic (exact) mass is 295 g/mol. The molecular weight excluding hydrogens is 262 g/mol. The van der Waals surface area contributed by atoms with Gasteiger partial charge in [0.05, 0.1) is 0 Å². The first kappa shape index (κ1) is 16.8. The van der Waals surface area contributed by atoms with Crippen molar-refractivity contribution in [2.75, 3.05) is 32.7 Å². The Morgan fingerprint density at radius 3 is 2.38 bits per heavy atom. The van der Waals surface area contributed by atoms with Crippen molar-refractivity contribution in [3.63, 3.8) is 0 Å². The molecule has 2 rings (SSSR count). The Hall–Kier alpha value is -0.610. The SMILES string of the molecule is CCCC(CN)N1CCN(C(=O)CC2CCCCC2)CC1. The maximum atomic E-state index is 12.4. The van der Waals surface area contributed by atoms with Crippen LogP contribution in [-0.4, -0.2) is 54.5 Å². The molecule has 0 aromatic rings. The van der Waals surface area contributed by atoms with Crippen LogP contribution in [0.1, 0.15) is 58.3 Å². The van der Waals surface area contributed by atoms with Gasteiger partial charge in [0, 0.05) is 45.2 Å². The Balaban J connectivity index is 1.73. The zero-order chi connectivity index (χ0) is 15.1. The predicted octanol–water partition coefficient (Wildman–Crippen LogP) is 2.23. The molecule has 4 heteroatoms. The summed E-state index contributed by atoms with van der Waals surface area (Å²) in [5.74, 6) is 1.04. The van der Waals surface area contributed by atoms with E-state index in [1.54, 1.807) is 0 Å². The molecule has 0 radical (unpaired) electrons. The van der Waals surface area contributed by atoms with Gasteiger partial charge in [0.25, 0.3) is 0 Å². The van der Waals surface area contributed by atoms with Gasteiger partial charge in [-0.2, -0.15) is 0 Å². The lowest BCUT2D eigenvalue weighted by Gasteiger charge is -2.39. The lowest BCUT2D eigenvalue weighted by Crippen LogP contribution is -2.53. The van der Waals surface area contributed by atoms with Crippen molar-refractivity contribution in [3.05, 3.63) is 0 Å². The van der Waals surface area contributed by atoms with Crippen LogP contribution in [-0.2, 0) is 4.79 Å². The minimum atomic E-state index is 0.390. The lowest BCUT2D eigenvalue weighted by molar-refractivity contribution is -0.134. The van der Waals surface area contributed by atoms with E-state index in [-0.39, 0.29) is 0 Å². The summed E-state index contributed by atoms with van der Waals surface area (Å²) in [5.41, 5.74) is 5.89. The van der Waals surface area contributed by atoms with E-state index in [1.165, 1.54) is 44.9 Å². The molecule has 2 aliphatic rings. The third kappa shape index (κ3) is 4.96. The summed E-state index contributed by atoms with van der Waals surface area (Å²) in [5, 5.41) is 0. The standard InChI is InChI=1S/C17H33N3O/c1-2-6-16(14-18)19-9-11-20(12-10-19)17(21)13-15-7-4-3-5-8-15/h15-16H,2-14,18H2,1H3. The van der Waals surface area contributed by atoms with Crippen LogP contribution in [0.5, 0.6) is 0 Å². The summed E-state index contributed by atoms with van der Waals surface area (Å²) in [6.45, 7) is 6.74. The van der Waals surface area contributed by atoms with Crippen molar-refractivity contribution in [2.24, 2.45) is 11.7 Å². The summed E-state index contributed by atoms with van der Waals surface area (Å²) in [4.78, 5) is 17.0. The van der Waals surface area contributed by atoms with Gasteiger partial charge in [-0.25, -0.2) is 0 Å². The molecule has 4 nitrogen and oxygen atoms in total. The van der Waals surface area contributed by atoms with E-state index >= 15 is 0 Å². The van der Waals surface area contributed by atoms with Crippen LogP contribution < -0.4 is 5.73 Å². The molecule has 0 aromatic carbocycles. The van der Waals surface area contributed by atoms with Gasteiger partial charge in [0.1, 0.15) is 0 Å². The molecule has 1 aliphatic carbocycles. The fraction of sp³-hybridized carbons (Fsp3) is 0.941. The third-order valence-corrected chi connectivity index (χ3v) is 5.27. The zero-order valence-electron chi connectivity index (χ0n) is 13.7. The Labute approximate surface area is 130 Å². The summed E-state index contributed by atoms with van der Waals surface area (Å²) in [7, 11) is 0. The molecule has 1 aliphatic heterocycles. The van der Waals surface area contributed by atoms with E-state index in [1.807, 2.05) is 0 Å². The molecule has 1 saturated carbocycles. The Morgan fingerprint density at radius 2 is 1.81 bits per heavy atom. The van der Waals surface area contributed by atoms with Crippen LogP contribution in [0.4, 0.5) is 0 Å². The molecule has 0 aromatic heterocycles. The smallest absolute Gasteiger partial charge is 0.222 e. The molecule has 1 atom stereocenters. The Morgan fingerprint density at radius 1 is 1.14 bits per heavy atom. The minimum Gasteiger partial charge on any atom is -0.340 e. The molecule has 0 bridgehead atoms. The maximum absolute atomic E-state index is 12.4. The van der Waals surface area contributed by atoms with E-state index in [0.717, 1.165) is 39.1 Å². The second-order valence-corrected chi connectivity index (χ2v) is 6.80. The number of nitrogens with zero attached hydrogens (tertiary/aromatic N) is 2. The highest BCUT2D eigenvalue weighted by atomic mass is 16.2. The highest BCUT2D eigenvalue weighted by Gasteiger charge is 2.26. The Bertz CT molecular complexity index is 307. The molecule has 1 heterocycles. The van der Waals surface area contributed by atoms with Crippen molar-refractivity contribution in [3.8, 4) is 0 Å². The van der Waals surface area contributed by atoms with Gasteiger partial charge in [-0.15, -0.1) is 0 Å². The number of amides is 1. The molecule has 1 saturated heterocycles. The second kappa shape index (κ2) is 8.74. The fourth-order valence-electron chi connectivity index (χ4n) is 3.89. The van der Waals surface area contributed by atoms with E-state index < -0.39 is 0 Å². The first-order valence-electron chi connectivity index (χ1n) is 8.96. The van der Waals surface area contributed by atoms with E-state index in [0.29, 0.717) is 17.9 Å². The van der Waals surface area contributed by atoms with Gasteiger partial charge < -0.3 is 10.6 Å². The molecule has 1 unspecified atom stereocenters. The number of nitrogens with two attached hydrogens (primary N) is 1. The number of rotatable bonds is 6. The molecule has 1 amide bonds. The van der Waals surface area contributed by atoms with Crippen LogP contribution in [0.25, 0.3) is 0 Å². The lowest BCUT2D eigenvalue weighted by atomic mass is 9.86. The number of carbonyl (C=O) groups excluding carboxylic acids is 1. The second-order valence-electron chi connectivity index (χ2n) is 6.80. The molecule has 2 N–H and O–H groups in total. The summed E-state index contributed by atoms with van der Waals surface area (Å²) in [6.07, 6.45) is 9.67. The summed E-state index contributed by atoms with van der Waals surface area (Å²) >= 11 is 0. The van der Waals surface area contributed by atoms with Crippen molar-refractivity contribution in [1.82, 2.24) is 9.80 Å².